The smallest absolute Gasteiger partial charge is 0.346 e. The summed E-state index contributed by atoms with van der Waals surface area (Å²) < 4.78 is 6.12. The number of hydrogen-bond acceptors (Lipinski definition) is 4. The van der Waals surface area contributed by atoms with E-state index in [1.807, 2.05) is 43.3 Å². The van der Waals surface area contributed by atoms with Gasteiger partial charge in [0.05, 0.1) is 13.3 Å². The van der Waals surface area contributed by atoms with Crippen molar-refractivity contribution in [1.82, 2.24) is 10.3 Å². The molecule has 134 valence electrons. The molecule has 3 rings (SSSR count). The molecular weight excluding hydrogens is 398 g/mol. The summed E-state index contributed by atoms with van der Waals surface area (Å²) in [6.07, 6.45) is 1.87. The summed E-state index contributed by atoms with van der Waals surface area (Å²) in [5, 5.41) is 7.78. The number of hydrazone groups is 1. The number of urea groups is 1. The molecule has 0 saturated carbocycles. The van der Waals surface area contributed by atoms with Crippen LogP contribution in [0.15, 0.2) is 58.1 Å². The van der Waals surface area contributed by atoms with Crippen LogP contribution in [0.5, 0.6) is 5.75 Å². The van der Waals surface area contributed by atoms with Crippen molar-refractivity contribution in [3.63, 3.8) is 0 Å². The van der Waals surface area contributed by atoms with E-state index in [9.17, 15) is 9.59 Å². The second-order valence-corrected chi connectivity index (χ2v) is 6.72. The summed E-state index contributed by atoms with van der Waals surface area (Å²) in [6, 6.07) is 14.0. The van der Waals surface area contributed by atoms with E-state index in [2.05, 4.69) is 26.3 Å². The lowest BCUT2D eigenvalue weighted by atomic mass is 9.87. The van der Waals surface area contributed by atoms with Gasteiger partial charge < -0.3 is 10.1 Å². The zero-order valence-corrected chi connectivity index (χ0v) is 16.0. The van der Waals surface area contributed by atoms with Crippen LogP contribution in [-0.4, -0.2) is 30.3 Å². The lowest BCUT2D eigenvalue weighted by Crippen LogP contribution is -2.43. The number of ether oxygens (including phenoxy) is 1. The molecule has 0 aliphatic carbocycles. The van der Waals surface area contributed by atoms with E-state index in [-0.39, 0.29) is 0 Å². The fourth-order valence-corrected chi connectivity index (χ4v) is 3.33. The Morgan fingerprint density at radius 2 is 1.96 bits per heavy atom. The third-order valence-corrected chi connectivity index (χ3v) is 4.86. The highest BCUT2D eigenvalue weighted by Gasteiger charge is 2.51. The first-order chi connectivity index (χ1) is 12.5. The average molecular weight is 416 g/mol. The van der Waals surface area contributed by atoms with Crippen molar-refractivity contribution in [2.45, 2.75) is 18.9 Å². The van der Waals surface area contributed by atoms with Gasteiger partial charge in [0, 0.05) is 10.0 Å². The fraction of sp³-hybridized carbons (Fsp3) is 0.211. The SMILES string of the molecule is CC[C@@]1(c2ccccc2)NC(=O)N(/N=C\c2cc(Br)ccc2OC)C1=O. The van der Waals surface area contributed by atoms with Gasteiger partial charge in [-0.1, -0.05) is 53.2 Å². The third kappa shape index (κ3) is 3.10. The molecule has 1 atom stereocenters. The van der Waals surface area contributed by atoms with Gasteiger partial charge in [0.2, 0.25) is 0 Å². The standard InChI is InChI=1S/C19H18BrN3O3/c1-3-19(14-7-5-4-6-8-14)17(24)23(18(25)22-19)21-12-13-11-15(20)9-10-16(13)26-2/h4-12H,3H2,1-2H3,(H,22,25)/b21-12-/t19-/m0/s1. The van der Waals surface area contributed by atoms with Gasteiger partial charge in [-0.05, 0) is 30.2 Å². The number of methoxy groups -OCH3 is 1. The minimum Gasteiger partial charge on any atom is -0.496 e. The maximum atomic E-state index is 13.0. The minimum absolute atomic E-state index is 0.401. The summed E-state index contributed by atoms with van der Waals surface area (Å²) in [6.45, 7) is 1.86. The number of halogens is 1. The number of nitrogens with zero attached hydrogens (tertiary/aromatic N) is 2. The highest BCUT2D eigenvalue weighted by atomic mass is 79.9. The van der Waals surface area contributed by atoms with Gasteiger partial charge in [-0.25, -0.2) is 4.79 Å². The van der Waals surface area contributed by atoms with Crippen LogP contribution in [0.3, 0.4) is 0 Å². The Morgan fingerprint density at radius 1 is 1.23 bits per heavy atom. The highest BCUT2D eigenvalue weighted by Crippen LogP contribution is 2.32. The first-order valence-corrected chi connectivity index (χ1v) is 8.91. The maximum Gasteiger partial charge on any atom is 0.346 e. The van der Waals surface area contributed by atoms with Crippen LogP contribution in [0.1, 0.15) is 24.5 Å². The summed E-state index contributed by atoms with van der Waals surface area (Å²) in [7, 11) is 1.55. The molecule has 3 amide bonds. The number of benzene rings is 2. The molecule has 7 heteroatoms. The van der Waals surface area contributed by atoms with Gasteiger partial charge in [-0.2, -0.15) is 5.10 Å². The number of carbonyl (C=O) groups is 2. The van der Waals surface area contributed by atoms with Crippen molar-refractivity contribution in [2.24, 2.45) is 5.10 Å². The van der Waals surface area contributed by atoms with Crippen molar-refractivity contribution >= 4 is 34.1 Å². The summed E-state index contributed by atoms with van der Waals surface area (Å²) in [5.41, 5.74) is 0.284. The monoisotopic (exact) mass is 415 g/mol. The Labute approximate surface area is 160 Å². The molecule has 2 aromatic carbocycles. The van der Waals surface area contributed by atoms with Crippen molar-refractivity contribution in [1.29, 1.82) is 0 Å². The second kappa shape index (κ2) is 7.29. The third-order valence-electron chi connectivity index (χ3n) is 4.37. The Hall–Kier alpha value is -2.67. The minimum atomic E-state index is -1.10. The van der Waals surface area contributed by atoms with Crippen molar-refractivity contribution in [3.8, 4) is 5.75 Å². The first kappa shape index (κ1) is 18.1. The Balaban J connectivity index is 1.94. The van der Waals surface area contributed by atoms with Crippen LogP contribution in [0.2, 0.25) is 0 Å². The molecule has 1 N–H and O–H groups in total. The zero-order chi connectivity index (χ0) is 18.7. The Morgan fingerprint density at radius 3 is 2.62 bits per heavy atom. The second-order valence-electron chi connectivity index (χ2n) is 5.80. The molecule has 1 saturated heterocycles. The fourth-order valence-electron chi connectivity index (χ4n) is 2.95. The molecule has 1 aliphatic heterocycles. The van der Waals surface area contributed by atoms with E-state index < -0.39 is 17.5 Å². The van der Waals surface area contributed by atoms with E-state index in [0.29, 0.717) is 17.7 Å². The zero-order valence-electron chi connectivity index (χ0n) is 14.4. The van der Waals surface area contributed by atoms with E-state index in [1.54, 1.807) is 19.2 Å². The van der Waals surface area contributed by atoms with Gasteiger partial charge in [-0.3, -0.25) is 4.79 Å². The van der Waals surface area contributed by atoms with E-state index in [1.165, 1.54) is 6.21 Å². The molecule has 0 unspecified atom stereocenters. The lowest BCUT2D eigenvalue weighted by molar-refractivity contribution is -0.131. The van der Waals surface area contributed by atoms with Gasteiger partial charge >= 0.3 is 6.03 Å². The Kier molecular flexibility index (Phi) is 5.08. The molecular formula is C19H18BrN3O3. The van der Waals surface area contributed by atoms with Crippen LogP contribution < -0.4 is 10.1 Å². The molecule has 1 aliphatic rings. The summed E-state index contributed by atoms with van der Waals surface area (Å²) in [4.78, 5) is 25.4. The molecule has 0 aromatic heterocycles. The largest absolute Gasteiger partial charge is 0.496 e. The predicted octanol–water partition coefficient (Wildman–Crippen LogP) is 3.65. The highest BCUT2D eigenvalue weighted by molar-refractivity contribution is 9.10. The average Bonchev–Trinajstić information content (AvgIpc) is 2.91. The van der Waals surface area contributed by atoms with Gasteiger partial charge in [0.1, 0.15) is 11.3 Å². The van der Waals surface area contributed by atoms with Crippen LogP contribution >= 0.6 is 15.9 Å². The first-order valence-electron chi connectivity index (χ1n) is 8.11. The van der Waals surface area contributed by atoms with E-state index >= 15 is 0 Å². The quantitative estimate of drug-likeness (QED) is 0.598. The topological polar surface area (TPSA) is 71.0 Å². The van der Waals surface area contributed by atoms with E-state index in [4.69, 9.17) is 4.74 Å². The number of amides is 3. The summed E-state index contributed by atoms with van der Waals surface area (Å²) >= 11 is 3.39. The van der Waals surface area contributed by atoms with Crippen LogP contribution in [0.25, 0.3) is 0 Å². The van der Waals surface area contributed by atoms with E-state index in [0.717, 1.165) is 15.0 Å². The molecule has 2 aromatic rings. The molecule has 26 heavy (non-hydrogen) atoms. The lowest BCUT2D eigenvalue weighted by Gasteiger charge is -2.24. The maximum absolute atomic E-state index is 13.0. The van der Waals surface area contributed by atoms with Gasteiger partial charge in [-0.15, -0.1) is 5.01 Å². The van der Waals surface area contributed by atoms with Crippen LogP contribution in [0.4, 0.5) is 4.79 Å². The number of hydrogen-bond donors (Lipinski definition) is 1. The van der Waals surface area contributed by atoms with Gasteiger partial charge in [0.25, 0.3) is 5.91 Å². The van der Waals surface area contributed by atoms with Gasteiger partial charge in [0.15, 0.2) is 0 Å². The Bertz CT molecular complexity index is 870. The molecule has 1 fully saturated rings. The molecule has 6 nitrogen and oxygen atoms in total. The molecule has 1 heterocycles. The van der Waals surface area contributed by atoms with Crippen molar-refractivity contribution in [2.75, 3.05) is 7.11 Å². The van der Waals surface area contributed by atoms with Crippen molar-refractivity contribution < 1.29 is 14.3 Å². The van der Waals surface area contributed by atoms with Crippen LogP contribution in [0, 0.1) is 0 Å². The van der Waals surface area contributed by atoms with Crippen molar-refractivity contribution in [3.05, 3.63) is 64.1 Å². The molecule has 0 bridgehead atoms. The molecule has 0 radical (unpaired) electrons. The number of carbonyl (C=O) groups excluding carboxylic acids is 2. The molecule has 0 spiro atoms. The van der Waals surface area contributed by atoms with Crippen LogP contribution in [-0.2, 0) is 10.3 Å². The predicted molar refractivity (Wildman–Crippen MR) is 102 cm³/mol. The normalized spacial score (nSPS) is 19.9. The number of imide groups is 1. The summed E-state index contributed by atoms with van der Waals surface area (Å²) in [5.74, 6) is 0.190. The number of nitrogens with one attached hydrogen (secondary N) is 1. The number of rotatable bonds is 5.